The molecule has 2 N–H and O–H groups in total. The predicted octanol–water partition coefficient (Wildman–Crippen LogP) is 5.12. The van der Waals surface area contributed by atoms with E-state index in [1.54, 1.807) is 0 Å². The third-order valence-corrected chi connectivity index (χ3v) is 6.75. The van der Waals surface area contributed by atoms with Gasteiger partial charge in [0, 0.05) is 22.8 Å². The Hall–Kier alpha value is -1.81. The molecule has 1 aromatic heterocycles. The second-order valence-electron chi connectivity index (χ2n) is 7.30. The van der Waals surface area contributed by atoms with Crippen LogP contribution in [0, 0.1) is 5.92 Å². The molecule has 0 saturated heterocycles. The van der Waals surface area contributed by atoms with Crippen molar-refractivity contribution in [2.75, 3.05) is 5.73 Å². The molecule has 1 aliphatic rings. The molecule has 1 heterocycles. The number of nitrogens with two attached hydrogens (primary N) is 1. The third-order valence-electron chi connectivity index (χ3n) is 5.60. The van der Waals surface area contributed by atoms with E-state index < -0.39 is 0 Å². The van der Waals surface area contributed by atoms with Crippen molar-refractivity contribution in [3.63, 3.8) is 0 Å². The summed E-state index contributed by atoms with van der Waals surface area (Å²) >= 11 is 1.87. The topological polar surface area (TPSA) is 52.3 Å². The van der Waals surface area contributed by atoms with Crippen LogP contribution in [0.5, 0.6) is 5.75 Å². The minimum atomic E-state index is -0.309. The molecule has 1 aliphatic carbocycles. The number of thiophene rings is 1. The van der Waals surface area contributed by atoms with E-state index in [-0.39, 0.29) is 11.4 Å². The van der Waals surface area contributed by atoms with Crippen LogP contribution < -0.4 is 10.5 Å². The summed E-state index contributed by atoms with van der Waals surface area (Å²) in [6.45, 7) is 6.12. The van der Waals surface area contributed by atoms with Gasteiger partial charge in [-0.25, -0.2) is 0 Å². The lowest BCUT2D eigenvalue weighted by Gasteiger charge is -2.40. The summed E-state index contributed by atoms with van der Waals surface area (Å²) in [6.07, 6.45) is 5.40. The van der Waals surface area contributed by atoms with Gasteiger partial charge in [0.15, 0.2) is 5.75 Å². The molecule has 1 aromatic carbocycles. The summed E-state index contributed by atoms with van der Waals surface area (Å²) < 4.78 is 5.42. The molecular weight excluding hydrogens is 330 g/mol. The fraction of sp³-hybridized carbons (Fsp3) is 0.476. The van der Waals surface area contributed by atoms with Crippen LogP contribution in [0.15, 0.2) is 29.6 Å². The smallest absolute Gasteiger partial charge is 0.308 e. The molecule has 0 spiro atoms. The van der Waals surface area contributed by atoms with E-state index in [2.05, 4.69) is 37.4 Å². The Bertz CT molecular complexity index is 754. The number of rotatable bonds is 5. The average molecular weight is 358 g/mol. The zero-order valence-electron chi connectivity index (χ0n) is 15.3. The maximum Gasteiger partial charge on any atom is 0.308 e. The minimum absolute atomic E-state index is 0.198. The summed E-state index contributed by atoms with van der Waals surface area (Å²) in [5.74, 6) is 0.862. The van der Waals surface area contributed by atoms with E-state index in [0.717, 1.165) is 24.8 Å². The number of carbonyl (C=O) groups excluding carboxylic acids is 1. The Morgan fingerprint density at radius 3 is 2.84 bits per heavy atom. The van der Waals surface area contributed by atoms with Crippen molar-refractivity contribution in [3.8, 4) is 5.75 Å². The van der Waals surface area contributed by atoms with Crippen LogP contribution in [-0.4, -0.2) is 5.97 Å². The van der Waals surface area contributed by atoms with Crippen molar-refractivity contribution < 1.29 is 9.53 Å². The third kappa shape index (κ3) is 3.45. The predicted molar refractivity (Wildman–Crippen MR) is 104 cm³/mol. The number of hydrogen-bond acceptors (Lipinski definition) is 4. The molecule has 134 valence electrons. The van der Waals surface area contributed by atoms with E-state index in [9.17, 15) is 4.79 Å². The summed E-state index contributed by atoms with van der Waals surface area (Å²) in [5, 5.41) is 2.18. The van der Waals surface area contributed by atoms with Crippen LogP contribution in [0.4, 0.5) is 5.69 Å². The van der Waals surface area contributed by atoms with Crippen LogP contribution in [0.2, 0.25) is 0 Å². The molecule has 3 rings (SSSR count). The van der Waals surface area contributed by atoms with Crippen molar-refractivity contribution >= 4 is 23.0 Å². The Morgan fingerprint density at radius 1 is 1.40 bits per heavy atom. The van der Waals surface area contributed by atoms with Gasteiger partial charge in [-0.3, -0.25) is 4.79 Å². The molecule has 0 fully saturated rings. The van der Waals surface area contributed by atoms with Crippen LogP contribution in [-0.2, 0) is 23.1 Å². The van der Waals surface area contributed by atoms with Crippen LogP contribution >= 0.6 is 11.3 Å². The number of benzene rings is 1. The molecule has 25 heavy (non-hydrogen) atoms. The van der Waals surface area contributed by atoms with Gasteiger partial charge in [0.2, 0.25) is 0 Å². The Labute approximate surface area is 154 Å². The number of anilines is 1. The second-order valence-corrected chi connectivity index (χ2v) is 8.25. The zero-order valence-corrected chi connectivity index (χ0v) is 16.1. The van der Waals surface area contributed by atoms with E-state index >= 15 is 0 Å². The lowest BCUT2D eigenvalue weighted by Crippen LogP contribution is -2.35. The number of ether oxygens (including phenoxy) is 1. The highest BCUT2D eigenvalue weighted by Crippen LogP contribution is 2.47. The highest BCUT2D eigenvalue weighted by atomic mass is 32.1. The largest absolute Gasteiger partial charge is 0.424 e. The normalized spacial score (nSPS) is 19.1. The lowest BCUT2D eigenvalue weighted by molar-refractivity contribution is -0.131. The van der Waals surface area contributed by atoms with Gasteiger partial charge in [-0.2, -0.15) is 0 Å². The summed E-state index contributed by atoms with van der Waals surface area (Å²) in [7, 11) is 0. The number of fused-ring (bicyclic) bond motifs is 1. The molecule has 0 radical (unpaired) electrons. The molecule has 0 aliphatic heterocycles. The summed E-state index contributed by atoms with van der Waals surface area (Å²) in [5.41, 5.74) is 9.22. The molecule has 0 bridgehead atoms. The van der Waals surface area contributed by atoms with Gasteiger partial charge in [-0.15, -0.1) is 11.3 Å². The van der Waals surface area contributed by atoms with Gasteiger partial charge >= 0.3 is 5.97 Å². The maximum absolute atomic E-state index is 11.4. The van der Waals surface area contributed by atoms with E-state index in [1.165, 1.54) is 30.2 Å². The summed E-state index contributed by atoms with van der Waals surface area (Å²) in [6, 6.07) is 8.43. The molecule has 2 atom stereocenters. The first-order valence-corrected chi connectivity index (χ1v) is 9.96. The fourth-order valence-corrected chi connectivity index (χ4v) is 5.30. The Kier molecular flexibility index (Phi) is 5.19. The lowest BCUT2D eigenvalue weighted by atomic mass is 9.65. The van der Waals surface area contributed by atoms with Crippen LogP contribution in [0.25, 0.3) is 0 Å². The van der Waals surface area contributed by atoms with Gasteiger partial charge in [0.1, 0.15) is 0 Å². The maximum atomic E-state index is 11.4. The quantitative estimate of drug-likeness (QED) is 0.459. The molecule has 1 unspecified atom stereocenters. The van der Waals surface area contributed by atoms with Gasteiger partial charge < -0.3 is 10.5 Å². The number of nitrogen functional groups attached to an aromatic ring is 1. The number of carbonyl (C=O) groups is 1. The minimum Gasteiger partial charge on any atom is -0.424 e. The van der Waals surface area contributed by atoms with Crippen LogP contribution in [0.1, 0.15) is 56.0 Å². The Morgan fingerprint density at radius 2 is 2.20 bits per heavy atom. The van der Waals surface area contributed by atoms with Gasteiger partial charge in [0.25, 0.3) is 0 Å². The van der Waals surface area contributed by atoms with Crippen LogP contribution in [0.3, 0.4) is 0 Å². The first-order valence-electron chi connectivity index (χ1n) is 9.08. The SMILES string of the molecule is CCCC(C)(c1cccs1)[C@H]1CCc2c(ccc(N)c2OC(C)=O)C1. The summed E-state index contributed by atoms with van der Waals surface area (Å²) in [4.78, 5) is 12.9. The van der Waals surface area contributed by atoms with Gasteiger partial charge in [0.05, 0.1) is 5.69 Å². The molecule has 3 nitrogen and oxygen atoms in total. The van der Waals surface area contributed by atoms with Crippen molar-refractivity contribution in [2.45, 2.75) is 58.3 Å². The van der Waals surface area contributed by atoms with Gasteiger partial charge in [-0.05, 0) is 54.7 Å². The molecule has 0 saturated carbocycles. The monoisotopic (exact) mass is 357 g/mol. The van der Waals surface area contributed by atoms with E-state index in [0.29, 0.717) is 17.4 Å². The van der Waals surface area contributed by atoms with E-state index in [4.69, 9.17) is 10.5 Å². The standard InChI is InChI=1S/C21H27NO2S/c1-4-11-21(3,19-6-5-12-25-19)16-8-9-17-15(13-16)7-10-18(22)20(17)24-14(2)23/h5-7,10,12,16H,4,8-9,11,13,22H2,1-3H3/t16-,21?/m0/s1. The highest BCUT2D eigenvalue weighted by molar-refractivity contribution is 7.10. The van der Waals surface area contributed by atoms with Crippen molar-refractivity contribution in [3.05, 3.63) is 45.6 Å². The number of esters is 1. The fourth-order valence-electron chi connectivity index (χ4n) is 4.30. The van der Waals surface area contributed by atoms with E-state index in [1.807, 2.05) is 17.4 Å². The molecule has 4 heteroatoms. The Balaban J connectivity index is 1.94. The van der Waals surface area contributed by atoms with Gasteiger partial charge in [-0.1, -0.05) is 32.4 Å². The average Bonchev–Trinajstić information content (AvgIpc) is 3.12. The zero-order chi connectivity index (χ0) is 18.0. The first kappa shape index (κ1) is 18.0. The first-order chi connectivity index (χ1) is 12.0. The molecule has 0 amide bonds. The van der Waals surface area contributed by atoms with Crippen molar-refractivity contribution in [1.82, 2.24) is 0 Å². The second kappa shape index (κ2) is 7.20. The molecular formula is C21H27NO2S. The van der Waals surface area contributed by atoms with Crippen molar-refractivity contribution in [2.24, 2.45) is 5.92 Å². The number of hydrogen-bond donors (Lipinski definition) is 1. The van der Waals surface area contributed by atoms with Crippen molar-refractivity contribution in [1.29, 1.82) is 0 Å². The highest BCUT2D eigenvalue weighted by Gasteiger charge is 2.38. The molecule has 2 aromatic rings.